The molecule has 1 atom stereocenters. The Morgan fingerprint density at radius 2 is 2.53 bits per heavy atom. The molecule has 104 valence electrons. The van der Waals surface area contributed by atoms with Gasteiger partial charge >= 0.3 is 5.82 Å². The van der Waals surface area contributed by atoms with Gasteiger partial charge in [0.2, 0.25) is 0 Å². The summed E-state index contributed by atoms with van der Waals surface area (Å²) in [7, 11) is 0. The number of likely N-dealkylation sites (N-methyl/N-ethyl adjacent to an activating group) is 1. The predicted octanol–water partition coefficient (Wildman–Crippen LogP) is 1.12. The summed E-state index contributed by atoms with van der Waals surface area (Å²) >= 11 is 0. The van der Waals surface area contributed by atoms with Crippen molar-refractivity contribution in [2.45, 2.75) is 13.0 Å². The summed E-state index contributed by atoms with van der Waals surface area (Å²) in [6, 6.07) is 3.33. The molecule has 1 N–H and O–H groups in total. The number of nitro groups is 1. The zero-order valence-electron chi connectivity index (χ0n) is 10.9. The molecule has 7 nitrogen and oxygen atoms in total. The van der Waals surface area contributed by atoms with Gasteiger partial charge in [0, 0.05) is 19.6 Å². The van der Waals surface area contributed by atoms with Gasteiger partial charge in [-0.3, -0.25) is 4.90 Å². The van der Waals surface area contributed by atoms with E-state index in [0.29, 0.717) is 18.8 Å². The van der Waals surface area contributed by atoms with Crippen molar-refractivity contribution in [1.82, 2.24) is 9.88 Å². The molecule has 1 saturated heterocycles. The molecule has 2 rings (SSSR count). The lowest BCUT2D eigenvalue weighted by Crippen LogP contribution is -2.45. The molecule has 0 radical (unpaired) electrons. The van der Waals surface area contributed by atoms with Crippen LogP contribution < -0.4 is 5.32 Å². The van der Waals surface area contributed by atoms with E-state index in [9.17, 15) is 10.1 Å². The molecule has 0 amide bonds. The predicted molar refractivity (Wildman–Crippen MR) is 71.2 cm³/mol. The minimum absolute atomic E-state index is 0.0495. The van der Waals surface area contributed by atoms with Crippen molar-refractivity contribution in [2.75, 3.05) is 38.1 Å². The fourth-order valence-electron chi connectivity index (χ4n) is 2.10. The number of morpholine rings is 1. The van der Waals surface area contributed by atoms with Crippen LogP contribution >= 0.6 is 0 Å². The molecule has 0 spiro atoms. The normalized spacial score (nSPS) is 20.2. The molecule has 0 bridgehead atoms. The SMILES string of the molecule is CCN1CCOC(CNc2cccnc2[N+](=O)[O-])C1. The molecule has 2 heterocycles. The van der Waals surface area contributed by atoms with E-state index in [0.717, 1.165) is 19.6 Å². The number of hydrogen-bond donors (Lipinski definition) is 1. The van der Waals surface area contributed by atoms with Crippen molar-refractivity contribution < 1.29 is 9.66 Å². The van der Waals surface area contributed by atoms with Crippen molar-refractivity contribution in [1.29, 1.82) is 0 Å². The fourth-order valence-corrected chi connectivity index (χ4v) is 2.10. The number of pyridine rings is 1. The van der Waals surface area contributed by atoms with E-state index in [1.54, 1.807) is 12.1 Å². The quantitative estimate of drug-likeness (QED) is 0.635. The first-order valence-corrected chi connectivity index (χ1v) is 6.38. The maximum absolute atomic E-state index is 10.8. The van der Waals surface area contributed by atoms with Crippen LogP contribution in [0.3, 0.4) is 0 Å². The van der Waals surface area contributed by atoms with E-state index in [4.69, 9.17) is 4.74 Å². The minimum atomic E-state index is -0.484. The molecule has 1 aliphatic rings. The van der Waals surface area contributed by atoms with E-state index in [-0.39, 0.29) is 11.9 Å². The Morgan fingerprint density at radius 3 is 3.26 bits per heavy atom. The van der Waals surface area contributed by atoms with Crippen LogP contribution in [0.2, 0.25) is 0 Å². The van der Waals surface area contributed by atoms with E-state index in [2.05, 4.69) is 22.1 Å². The zero-order valence-corrected chi connectivity index (χ0v) is 10.9. The van der Waals surface area contributed by atoms with Gasteiger partial charge in [0.15, 0.2) is 0 Å². The molecule has 1 aliphatic heterocycles. The third-order valence-electron chi connectivity index (χ3n) is 3.15. The molecule has 19 heavy (non-hydrogen) atoms. The van der Waals surface area contributed by atoms with Gasteiger partial charge in [-0.05, 0) is 28.6 Å². The Balaban J connectivity index is 1.93. The molecule has 0 aliphatic carbocycles. The zero-order chi connectivity index (χ0) is 13.7. The largest absolute Gasteiger partial charge is 0.386 e. The summed E-state index contributed by atoms with van der Waals surface area (Å²) in [4.78, 5) is 16.4. The van der Waals surface area contributed by atoms with Gasteiger partial charge in [0.1, 0.15) is 11.9 Å². The number of nitrogens with zero attached hydrogens (tertiary/aromatic N) is 3. The van der Waals surface area contributed by atoms with Crippen LogP contribution in [-0.4, -0.2) is 53.7 Å². The summed E-state index contributed by atoms with van der Waals surface area (Å²) in [5.41, 5.74) is 0.435. The summed E-state index contributed by atoms with van der Waals surface area (Å²) in [5.74, 6) is -0.148. The number of ether oxygens (including phenoxy) is 1. The molecular formula is C12H18N4O3. The molecular weight excluding hydrogens is 248 g/mol. The van der Waals surface area contributed by atoms with Crippen molar-refractivity contribution in [3.8, 4) is 0 Å². The number of aromatic nitrogens is 1. The first-order chi connectivity index (χ1) is 9.20. The first kappa shape index (κ1) is 13.7. The van der Waals surface area contributed by atoms with Gasteiger partial charge in [-0.15, -0.1) is 0 Å². The number of rotatable bonds is 5. The lowest BCUT2D eigenvalue weighted by atomic mass is 10.2. The molecule has 0 aromatic carbocycles. The lowest BCUT2D eigenvalue weighted by Gasteiger charge is -2.32. The van der Waals surface area contributed by atoms with E-state index in [1.807, 2.05) is 0 Å². The van der Waals surface area contributed by atoms with Crippen molar-refractivity contribution >= 4 is 11.5 Å². The molecule has 1 aromatic rings. The third-order valence-corrected chi connectivity index (χ3v) is 3.15. The number of anilines is 1. The van der Waals surface area contributed by atoms with Crippen molar-refractivity contribution in [2.24, 2.45) is 0 Å². The first-order valence-electron chi connectivity index (χ1n) is 6.38. The maximum atomic E-state index is 10.8. The monoisotopic (exact) mass is 266 g/mol. The molecule has 1 unspecified atom stereocenters. The Labute approximate surface area is 111 Å². The Hall–Kier alpha value is -1.73. The highest BCUT2D eigenvalue weighted by Crippen LogP contribution is 2.20. The van der Waals surface area contributed by atoms with Crippen LogP contribution in [0.1, 0.15) is 6.92 Å². The topological polar surface area (TPSA) is 80.5 Å². The second-order valence-corrected chi connectivity index (χ2v) is 4.40. The highest BCUT2D eigenvalue weighted by molar-refractivity contribution is 5.56. The Morgan fingerprint density at radius 1 is 1.68 bits per heavy atom. The van der Waals surface area contributed by atoms with Gasteiger partial charge in [-0.1, -0.05) is 6.92 Å². The molecule has 7 heteroatoms. The van der Waals surface area contributed by atoms with Crippen LogP contribution in [0.4, 0.5) is 11.5 Å². The van der Waals surface area contributed by atoms with Gasteiger partial charge in [-0.2, -0.15) is 0 Å². The highest BCUT2D eigenvalue weighted by Gasteiger charge is 2.20. The van der Waals surface area contributed by atoms with Crippen LogP contribution in [0, 0.1) is 10.1 Å². The average Bonchev–Trinajstić information content (AvgIpc) is 2.45. The standard InChI is InChI=1S/C12H18N4O3/c1-2-15-6-7-19-10(9-15)8-14-11-4-3-5-13-12(11)16(17)18/h3-5,10,14H,2,6-9H2,1H3. The van der Waals surface area contributed by atoms with E-state index >= 15 is 0 Å². The second-order valence-electron chi connectivity index (χ2n) is 4.40. The van der Waals surface area contributed by atoms with Crippen molar-refractivity contribution in [3.05, 3.63) is 28.4 Å². The van der Waals surface area contributed by atoms with Gasteiger partial charge in [-0.25, -0.2) is 0 Å². The maximum Gasteiger partial charge on any atom is 0.386 e. The van der Waals surface area contributed by atoms with Crippen molar-refractivity contribution in [3.63, 3.8) is 0 Å². The van der Waals surface area contributed by atoms with Gasteiger partial charge < -0.3 is 20.2 Å². The van der Waals surface area contributed by atoms with Crippen LogP contribution in [-0.2, 0) is 4.74 Å². The summed E-state index contributed by atoms with van der Waals surface area (Å²) < 4.78 is 5.64. The minimum Gasteiger partial charge on any atom is -0.375 e. The van der Waals surface area contributed by atoms with Crippen LogP contribution in [0.5, 0.6) is 0 Å². The smallest absolute Gasteiger partial charge is 0.375 e. The third kappa shape index (κ3) is 3.62. The molecule has 0 saturated carbocycles. The fraction of sp³-hybridized carbons (Fsp3) is 0.583. The Kier molecular flexibility index (Phi) is 4.64. The number of nitrogens with one attached hydrogen (secondary N) is 1. The second kappa shape index (κ2) is 6.44. The van der Waals surface area contributed by atoms with E-state index in [1.165, 1.54) is 6.20 Å². The highest BCUT2D eigenvalue weighted by atomic mass is 16.6. The van der Waals surface area contributed by atoms with Gasteiger partial charge in [0.25, 0.3) is 0 Å². The molecule has 1 fully saturated rings. The summed E-state index contributed by atoms with van der Waals surface area (Å²) in [6.07, 6.45) is 1.47. The Bertz CT molecular complexity index is 441. The summed E-state index contributed by atoms with van der Waals surface area (Å²) in [6.45, 7) is 6.14. The summed E-state index contributed by atoms with van der Waals surface area (Å²) in [5, 5.41) is 13.9. The lowest BCUT2D eigenvalue weighted by molar-refractivity contribution is -0.388. The van der Waals surface area contributed by atoms with Crippen LogP contribution in [0.25, 0.3) is 0 Å². The average molecular weight is 266 g/mol. The van der Waals surface area contributed by atoms with Crippen LogP contribution in [0.15, 0.2) is 18.3 Å². The molecule has 1 aromatic heterocycles. The van der Waals surface area contributed by atoms with Gasteiger partial charge in [0.05, 0.1) is 12.7 Å². The van der Waals surface area contributed by atoms with E-state index < -0.39 is 4.92 Å². The number of hydrogen-bond acceptors (Lipinski definition) is 6.